The second kappa shape index (κ2) is 6.21. The summed E-state index contributed by atoms with van der Waals surface area (Å²) >= 11 is 0. The van der Waals surface area contributed by atoms with Gasteiger partial charge in [0.1, 0.15) is 12.6 Å². The summed E-state index contributed by atoms with van der Waals surface area (Å²) in [6.45, 7) is 1.50. The van der Waals surface area contributed by atoms with E-state index in [4.69, 9.17) is 0 Å². The Bertz CT molecular complexity index is 414. The van der Waals surface area contributed by atoms with Crippen molar-refractivity contribution >= 4 is 11.8 Å². The maximum absolute atomic E-state index is 12.3. The van der Waals surface area contributed by atoms with Crippen LogP contribution in [0.3, 0.4) is 0 Å². The summed E-state index contributed by atoms with van der Waals surface area (Å²) in [6, 6.07) is -0.583. The van der Waals surface area contributed by atoms with Crippen molar-refractivity contribution in [2.24, 2.45) is 5.92 Å². The van der Waals surface area contributed by atoms with Crippen LogP contribution in [0.15, 0.2) is 0 Å². The molecule has 0 saturated carbocycles. The van der Waals surface area contributed by atoms with Crippen LogP contribution in [0.4, 0.5) is 13.2 Å². The standard InChI is InChI=1S/C13H20F3N3O2/c1-8-6-9(2-4-17-8)11(20)18-10-3-5-19(12(10)21)7-13(14,15)16/h8-10,17H,2-7H2,1H3,(H,18,20)/t8-,9-,10?/m0/s1. The van der Waals surface area contributed by atoms with E-state index >= 15 is 0 Å². The minimum Gasteiger partial charge on any atom is -0.344 e. The van der Waals surface area contributed by atoms with Crippen molar-refractivity contribution in [2.75, 3.05) is 19.6 Å². The summed E-state index contributed by atoms with van der Waals surface area (Å²) in [6.07, 6.45) is -2.80. The quantitative estimate of drug-likeness (QED) is 0.805. The van der Waals surface area contributed by atoms with E-state index in [1.165, 1.54) is 0 Å². The lowest BCUT2D eigenvalue weighted by Crippen LogP contribution is -2.48. The average molecular weight is 307 g/mol. The van der Waals surface area contributed by atoms with Crippen molar-refractivity contribution in [2.45, 2.75) is 44.4 Å². The average Bonchev–Trinajstić information content (AvgIpc) is 2.69. The summed E-state index contributed by atoms with van der Waals surface area (Å²) < 4.78 is 36.9. The van der Waals surface area contributed by atoms with Gasteiger partial charge in [-0.25, -0.2) is 0 Å². The lowest BCUT2D eigenvalue weighted by atomic mass is 9.92. The summed E-state index contributed by atoms with van der Waals surface area (Å²) in [5, 5.41) is 5.83. The first kappa shape index (κ1) is 16.1. The fourth-order valence-electron chi connectivity index (χ4n) is 2.91. The maximum Gasteiger partial charge on any atom is 0.406 e. The molecule has 5 nitrogen and oxygen atoms in total. The van der Waals surface area contributed by atoms with E-state index in [0.717, 1.165) is 11.4 Å². The molecule has 8 heteroatoms. The van der Waals surface area contributed by atoms with Gasteiger partial charge in [-0.05, 0) is 32.7 Å². The summed E-state index contributed by atoms with van der Waals surface area (Å²) in [7, 11) is 0. The summed E-state index contributed by atoms with van der Waals surface area (Å²) in [5.74, 6) is -1.04. The van der Waals surface area contributed by atoms with Gasteiger partial charge < -0.3 is 15.5 Å². The van der Waals surface area contributed by atoms with Gasteiger partial charge >= 0.3 is 6.18 Å². The highest BCUT2D eigenvalue weighted by atomic mass is 19.4. The number of rotatable bonds is 3. The highest BCUT2D eigenvalue weighted by Gasteiger charge is 2.40. The molecule has 0 bridgehead atoms. The third-order valence-corrected chi connectivity index (χ3v) is 3.98. The van der Waals surface area contributed by atoms with Crippen LogP contribution in [0.25, 0.3) is 0 Å². The summed E-state index contributed by atoms with van der Waals surface area (Å²) in [5.41, 5.74) is 0. The molecule has 3 atom stereocenters. The van der Waals surface area contributed by atoms with Gasteiger partial charge in [0.15, 0.2) is 0 Å². The van der Waals surface area contributed by atoms with Gasteiger partial charge in [0, 0.05) is 18.5 Å². The van der Waals surface area contributed by atoms with E-state index in [1.54, 1.807) is 0 Å². The predicted molar refractivity (Wildman–Crippen MR) is 69.4 cm³/mol. The molecule has 0 aromatic rings. The third kappa shape index (κ3) is 4.33. The molecule has 21 heavy (non-hydrogen) atoms. The molecule has 0 aromatic heterocycles. The molecule has 2 aliphatic rings. The Morgan fingerprint density at radius 3 is 2.76 bits per heavy atom. The number of alkyl halides is 3. The van der Waals surface area contributed by atoms with Crippen LogP contribution in [-0.2, 0) is 9.59 Å². The first-order chi connectivity index (χ1) is 9.76. The number of halogens is 3. The van der Waals surface area contributed by atoms with Crippen LogP contribution in [0.5, 0.6) is 0 Å². The first-order valence-corrected chi connectivity index (χ1v) is 7.15. The van der Waals surface area contributed by atoms with Crippen molar-refractivity contribution in [3.63, 3.8) is 0 Å². The molecule has 120 valence electrons. The van der Waals surface area contributed by atoms with Gasteiger partial charge in [-0.3, -0.25) is 9.59 Å². The van der Waals surface area contributed by atoms with E-state index in [1.807, 2.05) is 6.92 Å². The molecule has 0 radical (unpaired) electrons. The molecular formula is C13H20F3N3O2. The molecule has 0 spiro atoms. The normalized spacial score (nSPS) is 30.6. The Kier molecular flexibility index (Phi) is 4.75. The molecule has 2 fully saturated rings. The number of nitrogens with one attached hydrogen (secondary N) is 2. The number of hydrogen-bond acceptors (Lipinski definition) is 3. The zero-order valence-corrected chi connectivity index (χ0v) is 11.9. The molecule has 2 saturated heterocycles. The van der Waals surface area contributed by atoms with E-state index in [0.29, 0.717) is 12.8 Å². The van der Waals surface area contributed by atoms with Crippen LogP contribution < -0.4 is 10.6 Å². The van der Waals surface area contributed by atoms with Crippen LogP contribution in [-0.4, -0.2) is 54.6 Å². The van der Waals surface area contributed by atoms with Crippen molar-refractivity contribution < 1.29 is 22.8 Å². The first-order valence-electron chi connectivity index (χ1n) is 7.15. The monoisotopic (exact) mass is 307 g/mol. The fraction of sp³-hybridized carbons (Fsp3) is 0.846. The second-order valence-electron chi connectivity index (χ2n) is 5.80. The number of carbonyl (C=O) groups is 2. The Balaban J connectivity index is 1.86. The number of amides is 2. The largest absolute Gasteiger partial charge is 0.406 e. The molecule has 1 unspecified atom stereocenters. The van der Waals surface area contributed by atoms with Crippen molar-refractivity contribution in [1.29, 1.82) is 0 Å². The molecule has 2 heterocycles. The molecule has 2 N–H and O–H groups in total. The highest BCUT2D eigenvalue weighted by molar-refractivity contribution is 5.90. The van der Waals surface area contributed by atoms with Gasteiger partial charge in [0.25, 0.3) is 0 Å². The van der Waals surface area contributed by atoms with Gasteiger partial charge in [0.2, 0.25) is 11.8 Å². The fourth-order valence-corrected chi connectivity index (χ4v) is 2.91. The van der Waals surface area contributed by atoms with Crippen LogP contribution in [0, 0.1) is 5.92 Å². The van der Waals surface area contributed by atoms with E-state index in [9.17, 15) is 22.8 Å². The molecular weight excluding hydrogens is 287 g/mol. The van der Waals surface area contributed by atoms with E-state index in [2.05, 4.69) is 10.6 Å². The number of hydrogen-bond donors (Lipinski definition) is 2. The van der Waals surface area contributed by atoms with Crippen LogP contribution >= 0.6 is 0 Å². The number of carbonyl (C=O) groups excluding carboxylic acids is 2. The zero-order chi connectivity index (χ0) is 15.6. The maximum atomic E-state index is 12.3. The smallest absolute Gasteiger partial charge is 0.344 e. The number of nitrogens with zero attached hydrogens (tertiary/aromatic N) is 1. The topological polar surface area (TPSA) is 61.4 Å². The minimum atomic E-state index is -4.40. The van der Waals surface area contributed by atoms with E-state index < -0.39 is 24.7 Å². The molecule has 2 amide bonds. The third-order valence-electron chi connectivity index (χ3n) is 3.98. The lowest BCUT2D eigenvalue weighted by Gasteiger charge is -2.28. The van der Waals surface area contributed by atoms with Gasteiger partial charge in [-0.2, -0.15) is 13.2 Å². The Morgan fingerprint density at radius 1 is 1.43 bits per heavy atom. The van der Waals surface area contributed by atoms with Crippen LogP contribution in [0.2, 0.25) is 0 Å². The van der Waals surface area contributed by atoms with E-state index in [-0.39, 0.29) is 30.8 Å². The van der Waals surface area contributed by atoms with Crippen molar-refractivity contribution in [3.05, 3.63) is 0 Å². The lowest BCUT2D eigenvalue weighted by molar-refractivity contribution is -0.158. The highest BCUT2D eigenvalue weighted by Crippen LogP contribution is 2.22. The molecule has 0 aromatic carbocycles. The number of piperidine rings is 1. The Hall–Kier alpha value is -1.31. The summed E-state index contributed by atoms with van der Waals surface area (Å²) in [4.78, 5) is 24.7. The Morgan fingerprint density at radius 2 is 2.14 bits per heavy atom. The molecule has 0 aliphatic carbocycles. The second-order valence-corrected chi connectivity index (χ2v) is 5.80. The van der Waals surface area contributed by atoms with Crippen molar-refractivity contribution in [3.8, 4) is 0 Å². The van der Waals surface area contributed by atoms with Crippen LogP contribution in [0.1, 0.15) is 26.2 Å². The van der Waals surface area contributed by atoms with Gasteiger partial charge in [0.05, 0.1) is 0 Å². The minimum absolute atomic E-state index is 0.0336. The molecule has 2 rings (SSSR count). The zero-order valence-electron chi connectivity index (χ0n) is 11.9. The van der Waals surface area contributed by atoms with Crippen molar-refractivity contribution in [1.82, 2.24) is 15.5 Å². The Labute approximate surface area is 121 Å². The predicted octanol–water partition coefficient (Wildman–Crippen LogP) is 0.654. The number of likely N-dealkylation sites (tertiary alicyclic amines) is 1. The van der Waals surface area contributed by atoms with Gasteiger partial charge in [-0.1, -0.05) is 0 Å². The van der Waals surface area contributed by atoms with Gasteiger partial charge in [-0.15, -0.1) is 0 Å². The molecule has 2 aliphatic heterocycles. The SMILES string of the molecule is C[C@H]1C[C@@H](C(=O)NC2CCN(CC(F)(F)F)C2=O)CCN1.